The summed E-state index contributed by atoms with van der Waals surface area (Å²) in [6.45, 7) is 12.2. The maximum atomic E-state index is 12.7. The Morgan fingerprint density at radius 1 is 1.17 bits per heavy atom. The second-order valence-electron chi connectivity index (χ2n) is 9.71. The smallest absolute Gasteiger partial charge is 0.381 e. The van der Waals surface area contributed by atoms with Gasteiger partial charge in [-0.25, -0.2) is 9.78 Å². The van der Waals surface area contributed by atoms with Gasteiger partial charge in [0.05, 0.1) is 12.1 Å². The predicted octanol–water partition coefficient (Wildman–Crippen LogP) is 3.64. The fourth-order valence-corrected chi connectivity index (χ4v) is 4.64. The van der Waals surface area contributed by atoms with Gasteiger partial charge in [-0.05, 0) is 65.5 Å². The zero-order valence-corrected chi connectivity index (χ0v) is 19.8. The van der Waals surface area contributed by atoms with Crippen LogP contribution in [0.2, 0.25) is 0 Å². The molecule has 0 N–H and O–H groups in total. The van der Waals surface area contributed by atoms with Crippen molar-refractivity contribution in [3.05, 3.63) is 11.1 Å². The number of hydrogen-bond acceptors (Lipinski definition) is 6. The summed E-state index contributed by atoms with van der Waals surface area (Å²) < 4.78 is 5.36. The van der Waals surface area contributed by atoms with Crippen LogP contribution in [-0.4, -0.2) is 76.5 Å². The van der Waals surface area contributed by atoms with E-state index in [2.05, 4.69) is 16.8 Å². The van der Waals surface area contributed by atoms with E-state index in [1.54, 1.807) is 12.4 Å². The topological polar surface area (TPSA) is 66.0 Å². The van der Waals surface area contributed by atoms with Crippen molar-refractivity contribution >= 4 is 23.3 Å². The zero-order valence-electron chi connectivity index (χ0n) is 19.0. The number of rotatable bonds is 4. The van der Waals surface area contributed by atoms with Crippen LogP contribution in [0.25, 0.3) is 0 Å². The van der Waals surface area contributed by atoms with Gasteiger partial charge < -0.3 is 19.4 Å². The van der Waals surface area contributed by atoms with Crippen LogP contribution in [0.3, 0.4) is 0 Å². The number of carbonyl (C=O) groups excluding carboxylic acids is 2. The van der Waals surface area contributed by atoms with Crippen molar-refractivity contribution in [1.82, 2.24) is 19.7 Å². The number of hydrogen-bond donors (Lipinski definition) is 0. The van der Waals surface area contributed by atoms with Crippen LogP contribution in [-0.2, 0) is 11.2 Å². The van der Waals surface area contributed by atoms with Gasteiger partial charge in [0.25, 0.3) is 5.19 Å². The molecule has 0 bridgehead atoms. The van der Waals surface area contributed by atoms with Crippen LogP contribution in [0.1, 0.15) is 59.1 Å². The van der Waals surface area contributed by atoms with E-state index < -0.39 is 6.09 Å². The van der Waals surface area contributed by atoms with Crippen LogP contribution < -0.4 is 4.74 Å². The molecule has 0 spiro atoms. The van der Waals surface area contributed by atoms with Gasteiger partial charge in [0.1, 0.15) is 0 Å². The van der Waals surface area contributed by atoms with Crippen LogP contribution in [0.5, 0.6) is 5.19 Å². The molecule has 1 aromatic rings. The SMILES string of the molecule is CC1CCN(C2CCN(C(=O)Cc3csc(OC(=O)N(C)C(C)(C)C)n3)CC2)CC1. The van der Waals surface area contributed by atoms with E-state index in [0.29, 0.717) is 11.7 Å². The second-order valence-corrected chi connectivity index (χ2v) is 10.5. The first kappa shape index (κ1) is 23.0. The minimum Gasteiger partial charge on any atom is -0.381 e. The summed E-state index contributed by atoms with van der Waals surface area (Å²) in [6.07, 6.45) is 4.51. The highest BCUT2D eigenvalue weighted by Crippen LogP contribution is 2.25. The zero-order chi connectivity index (χ0) is 21.9. The van der Waals surface area contributed by atoms with Crippen LogP contribution >= 0.6 is 11.3 Å². The number of nitrogens with zero attached hydrogens (tertiary/aromatic N) is 4. The van der Waals surface area contributed by atoms with E-state index in [-0.39, 0.29) is 23.1 Å². The van der Waals surface area contributed by atoms with Crippen LogP contribution in [0.4, 0.5) is 4.79 Å². The molecule has 3 heterocycles. The van der Waals surface area contributed by atoms with E-state index in [1.807, 2.05) is 25.7 Å². The third-order valence-electron chi connectivity index (χ3n) is 6.47. The number of likely N-dealkylation sites (tertiary alicyclic amines) is 2. The van der Waals surface area contributed by atoms with Gasteiger partial charge in [-0.3, -0.25) is 4.79 Å². The fraction of sp³-hybridized carbons (Fsp3) is 0.773. The Balaban J connectivity index is 1.45. The van der Waals surface area contributed by atoms with E-state index in [9.17, 15) is 9.59 Å². The Labute approximate surface area is 184 Å². The first-order valence-electron chi connectivity index (χ1n) is 11.1. The fourth-order valence-electron chi connectivity index (χ4n) is 3.97. The predicted molar refractivity (Wildman–Crippen MR) is 119 cm³/mol. The van der Waals surface area contributed by atoms with Gasteiger partial charge in [0.2, 0.25) is 5.91 Å². The molecule has 30 heavy (non-hydrogen) atoms. The molecular weight excluding hydrogens is 400 g/mol. The van der Waals surface area contributed by atoms with Gasteiger partial charge in [0, 0.05) is 37.1 Å². The molecule has 0 aromatic carbocycles. The molecule has 8 heteroatoms. The number of amides is 2. The summed E-state index contributed by atoms with van der Waals surface area (Å²) in [6, 6.07) is 0.617. The largest absolute Gasteiger partial charge is 0.417 e. The number of aromatic nitrogens is 1. The molecule has 2 aliphatic heterocycles. The molecule has 2 fully saturated rings. The Bertz CT molecular complexity index is 729. The summed E-state index contributed by atoms with van der Waals surface area (Å²) in [7, 11) is 1.70. The minimum absolute atomic E-state index is 0.107. The van der Waals surface area contributed by atoms with Gasteiger partial charge in [-0.15, -0.1) is 0 Å². The molecule has 0 saturated carbocycles. The van der Waals surface area contributed by atoms with Crippen molar-refractivity contribution < 1.29 is 14.3 Å². The molecule has 2 amide bonds. The van der Waals surface area contributed by atoms with Crippen molar-refractivity contribution in [2.45, 2.75) is 71.4 Å². The Morgan fingerprint density at radius 3 is 2.40 bits per heavy atom. The molecule has 7 nitrogen and oxygen atoms in total. The number of ether oxygens (including phenoxy) is 1. The third kappa shape index (κ3) is 5.94. The van der Waals surface area contributed by atoms with Crippen molar-refractivity contribution in [2.24, 2.45) is 5.92 Å². The average molecular weight is 437 g/mol. The number of carbonyl (C=O) groups is 2. The summed E-state index contributed by atoms with van der Waals surface area (Å²) in [5, 5.41) is 2.09. The molecule has 1 aromatic heterocycles. The quantitative estimate of drug-likeness (QED) is 0.721. The summed E-state index contributed by atoms with van der Waals surface area (Å²) in [4.78, 5) is 35.4. The van der Waals surface area contributed by atoms with E-state index in [0.717, 1.165) is 31.8 Å². The number of piperidine rings is 2. The molecular formula is C22H36N4O3S. The lowest BCUT2D eigenvalue weighted by molar-refractivity contribution is -0.132. The third-order valence-corrected chi connectivity index (χ3v) is 7.24. The molecule has 3 rings (SSSR count). The Morgan fingerprint density at radius 2 is 1.80 bits per heavy atom. The van der Waals surface area contributed by atoms with Gasteiger partial charge in [-0.1, -0.05) is 18.3 Å². The molecule has 168 valence electrons. The van der Waals surface area contributed by atoms with Crippen LogP contribution in [0.15, 0.2) is 5.38 Å². The minimum atomic E-state index is -0.441. The lowest BCUT2D eigenvalue weighted by atomic mass is 9.95. The highest BCUT2D eigenvalue weighted by molar-refractivity contribution is 7.11. The highest BCUT2D eigenvalue weighted by atomic mass is 32.1. The average Bonchev–Trinajstić information content (AvgIpc) is 3.14. The molecule has 0 atom stereocenters. The Kier molecular flexibility index (Phi) is 7.39. The van der Waals surface area contributed by atoms with Crippen molar-refractivity contribution in [1.29, 1.82) is 0 Å². The lowest BCUT2D eigenvalue weighted by Crippen LogP contribution is -2.49. The second kappa shape index (κ2) is 9.64. The molecule has 2 saturated heterocycles. The van der Waals surface area contributed by atoms with E-state index >= 15 is 0 Å². The van der Waals surface area contributed by atoms with Crippen molar-refractivity contribution in [3.63, 3.8) is 0 Å². The standard InChI is InChI=1S/C22H36N4O3S/c1-16-6-10-25(11-7-16)18-8-12-26(13-9-18)19(27)14-17-15-30-20(23-17)29-21(28)24(5)22(2,3)4/h15-16,18H,6-14H2,1-5H3. The first-order chi connectivity index (χ1) is 14.1. The lowest BCUT2D eigenvalue weighted by Gasteiger charge is -2.41. The van der Waals surface area contributed by atoms with Gasteiger partial charge in [-0.2, -0.15) is 0 Å². The van der Waals surface area contributed by atoms with Gasteiger partial charge in [0.15, 0.2) is 0 Å². The Hall–Kier alpha value is -1.67. The summed E-state index contributed by atoms with van der Waals surface area (Å²) in [5.74, 6) is 0.953. The summed E-state index contributed by atoms with van der Waals surface area (Å²) in [5.41, 5.74) is 0.337. The van der Waals surface area contributed by atoms with Crippen molar-refractivity contribution in [3.8, 4) is 5.19 Å². The van der Waals surface area contributed by atoms with E-state index in [1.165, 1.54) is 42.2 Å². The van der Waals surface area contributed by atoms with Crippen molar-refractivity contribution in [2.75, 3.05) is 33.2 Å². The normalized spacial score (nSPS) is 19.7. The molecule has 2 aliphatic rings. The first-order valence-corrected chi connectivity index (χ1v) is 11.9. The highest BCUT2D eigenvalue weighted by Gasteiger charge is 2.29. The molecule has 0 radical (unpaired) electrons. The van der Waals surface area contributed by atoms with Gasteiger partial charge >= 0.3 is 6.09 Å². The maximum absolute atomic E-state index is 12.7. The van der Waals surface area contributed by atoms with E-state index in [4.69, 9.17) is 4.74 Å². The molecule has 0 aliphatic carbocycles. The molecule has 0 unspecified atom stereocenters. The monoisotopic (exact) mass is 436 g/mol. The number of thiazole rings is 1. The summed E-state index contributed by atoms with van der Waals surface area (Å²) >= 11 is 1.26. The maximum Gasteiger partial charge on any atom is 0.417 e. The van der Waals surface area contributed by atoms with Crippen LogP contribution in [0, 0.1) is 5.92 Å².